The Labute approximate surface area is 157 Å². The van der Waals surface area contributed by atoms with E-state index in [4.69, 9.17) is 21.1 Å². The molecule has 2 aromatic rings. The van der Waals surface area contributed by atoms with Crippen LogP contribution >= 0.6 is 11.6 Å². The molecule has 4 rings (SSSR count). The maximum absolute atomic E-state index is 12.6. The molecule has 136 valence electrons. The highest BCUT2D eigenvalue weighted by molar-refractivity contribution is 6.30. The van der Waals surface area contributed by atoms with E-state index < -0.39 is 0 Å². The van der Waals surface area contributed by atoms with Gasteiger partial charge in [0, 0.05) is 29.3 Å². The Balaban J connectivity index is 1.32. The maximum atomic E-state index is 12.6. The number of rotatable bonds is 5. The molecule has 0 unspecified atom stereocenters. The molecular formula is C20H21ClN2O3. The fourth-order valence-corrected chi connectivity index (χ4v) is 3.90. The van der Waals surface area contributed by atoms with Crippen LogP contribution in [-0.2, 0) is 16.1 Å². The van der Waals surface area contributed by atoms with Crippen molar-refractivity contribution in [1.82, 2.24) is 9.88 Å². The van der Waals surface area contributed by atoms with Gasteiger partial charge in [0.25, 0.3) is 5.91 Å². The summed E-state index contributed by atoms with van der Waals surface area (Å²) >= 11 is 5.99. The van der Waals surface area contributed by atoms with E-state index in [0.717, 1.165) is 18.7 Å². The summed E-state index contributed by atoms with van der Waals surface area (Å²) in [4.78, 5) is 18.7. The number of aromatic nitrogens is 1. The van der Waals surface area contributed by atoms with E-state index in [-0.39, 0.29) is 11.5 Å². The zero-order valence-electron chi connectivity index (χ0n) is 14.4. The average molecular weight is 373 g/mol. The van der Waals surface area contributed by atoms with E-state index >= 15 is 0 Å². The third-order valence-electron chi connectivity index (χ3n) is 5.17. The van der Waals surface area contributed by atoms with E-state index in [1.54, 1.807) is 30.5 Å². The van der Waals surface area contributed by atoms with Crippen molar-refractivity contribution < 1.29 is 14.3 Å². The molecule has 2 saturated heterocycles. The van der Waals surface area contributed by atoms with Crippen molar-refractivity contribution in [3.8, 4) is 0 Å². The minimum atomic E-state index is -0.266. The number of nitrogens with zero attached hydrogens (tertiary/aromatic N) is 2. The molecule has 0 bridgehead atoms. The van der Waals surface area contributed by atoms with Crippen molar-refractivity contribution in [3.05, 3.63) is 64.9 Å². The van der Waals surface area contributed by atoms with Gasteiger partial charge in [0.2, 0.25) is 0 Å². The summed E-state index contributed by atoms with van der Waals surface area (Å²) in [7, 11) is 0. The van der Waals surface area contributed by atoms with Crippen molar-refractivity contribution >= 4 is 17.5 Å². The number of ether oxygens (including phenoxy) is 2. The summed E-state index contributed by atoms with van der Waals surface area (Å²) in [6.45, 7) is 3.05. The van der Waals surface area contributed by atoms with Crippen LogP contribution in [0.1, 0.15) is 22.5 Å². The Hall–Kier alpha value is -1.95. The minimum Gasteiger partial charge on any atom is -0.375 e. The van der Waals surface area contributed by atoms with Gasteiger partial charge in [0.05, 0.1) is 32.0 Å². The van der Waals surface area contributed by atoms with E-state index in [0.29, 0.717) is 42.8 Å². The highest BCUT2D eigenvalue weighted by Crippen LogP contribution is 2.40. The second kappa shape index (κ2) is 7.35. The van der Waals surface area contributed by atoms with Crippen LogP contribution in [0, 0.1) is 5.92 Å². The first-order valence-corrected chi connectivity index (χ1v) is 9.20. The third-order valence-corrected chi connectivity index (χ3v) is 5.41. The predicted molar refractivity (Wildman–Crippen MR) is 98.0 cm³/mol. The van der Waals surface area contributed by atoms with Gasteiger partial charge in [-0.05, 0) is 36.8 Å². The van der Waals surface area contributed by atoms with Gasteiger partial charge in [-0.2, -0.15) is 0 Å². The molecule has 3 heterocycles. The molecule has 2 aliphatic rings. The van der Waals surface area contributed by atoms with Crippen molar-refractivity contribution in [2.75, 3.05) is 26.3 Å². The topological polar surface area (TPSA) is 51.7 Å². The number of pyridine rings is 1. The lowest BCUT2D eigenvalue weighted by molar-refractivity contribution is -0.129. The molecule has 1 atom stereocenters. The molecule has 1 amide bonds. The maximum Gasteiger partial charge on any atom is 0.254 e. The lowest BCUT2D eigenvalue weighted by atomic mass is 9.81. The van der Waals surface area contributed by atoms with E-state index in [2.05, 4.69) is 4.98 Å². The first-order chi connectivity index (χ1) is 12.7. The van der Waals surface area contributed by atoms with Gasteiger partial charge >= 0.3 is 0 Å². The molecule has 5 nitrogen and oxygen atoms in total. The SMILES string of the molecule is O=C(c1cccc(Cl)c1)N1CC2(C1)OCC[C@@H]2COCc1ccccn1. The Bertz CT molecular complexity index is 778. The van der Waals surface area contributed by atoms with Gasteiger partial charge < -0.3 is 14.4 Å². The predicted octanol–water partition coefficient (Wildman–Crippen LogP) is 3.18. The summed E-state index contributed by atoms with van der Waals surface area (Å²) in [5, 5.41) is 0.573. The summed E-state index contributed by atoms with van der Waals surface area (Å²) in [5.41, 5.74) is 1.28. The molecule has 2 aliphatic heterocycles. The second-order valence-electron chi connectivity index (χ2n) is 6.91. The van der Waals surface area contributed by atoms with Crippen LogP contribution in [0.4, 0.5) is 0 Å². The highest BCUT2D eigenvalue weighted by atomic mass is 35.5. The quantitative estimate of drug-likeness (QED) is 0.808. The van der Waals surface area contributed by atoms with Crippen LogP contribution in [-0.4, -0.2) is 47.7 Å². The molecule has 6 heteroatoms. The fraction of sp³-hybridized carbons (Fsp3) is 0.400. The number of carbonyl (C=O) groups is 1. The first kappa shape index (κ1) is 17.5. The molecule has 0 aliphatic carbocycles. The molecule has 0 N–H and O–H groups in total. The average Bonchev–Trinajstić information content (AvgIpc) is 3.05. The molecule has 26 heavy (non-hydrogen) atoms. The van der Waals surface area contributed by atoms with Crippen molar-refractivity contribution in [1.29, 1.82) is 0 Å². The summed E-state index contributed by atoms with van der Waals surface area (Å²) < 4.78 is 11.9. The normalized spacial score (nSPS) is 21.0. The number of likely N-dealkylation sites (tertiary alicyclic amines) is 1. The molecule has 1 aromatic carbocycles. The third kappa shape index (κ3) is 3.47. The smallest absolute Gasteiger partial charge is 0.254 e. The van der Waals surface area contributed by atoms with Gasteiger partial charge in [-0.15, -0.1) is 0 Å². The van der Waals surface area contributed by atoms with Crippen LogP contribution in [0.25, 0.3) is 0 Å². The van der Waals surface area contributed by atoms with Crippen molar-refractivity contribution in [2.45, 2.75) is 18.6 Å². The number of halogens is 1. The minimum absolute atomic E-state index is 0.00165. The van der Waals surface area contributed by atoms with Crippen LogP contribution in [0.2, 0.25) is 5.02 Å². The van der Waals surface area contributed by atoms with E-state index in [9.17, 15) is 4.79 Å². The molecule has 0 saturated carbocycles. The summed E-state index contributed by atoms with van der Waals surface area (Å²) in [5.74, 6) is 0.302. The second-order valence-corrected chi connectivity index (χ2v) is 7.34. The number of amides is 1. The fourth-order valence-electron chi connectivity index (χ4n) is 3.71. The van der Waals surface area contributed by atoms with Gasteiger partial charge in [0.1, 0.15) is 5.60 Å². The first-order valence-electron chi connectivity index (χ1n) is 8.83. The largest absolute Gasteiger partial charge is 0.375 e. The van der Waals surface area contributed by atoms with Gasteiger partial charge in [-0.3, -0.25) is 9.78 Å². The van der Waals surface area contributed by atoms with Crippen molar-refractivity contribution in [2.24, 2.45) is 5.92 Å². The Morgan fingerprint density at radius 2 is 2.19 bits per heavy atom. The Morgan fingerprint density at radius 3 is 2.96 bits per heavy atom. The van der Waals surface area contributed by atoms with Gasteiger partial charge in [0.15, 0.2) is 0 Å². The zero-order chi connectivity index (χ0) is 18.0. The lowest BCUT2D eigenvalue weighted by Gasteiger charge is -2.50. The van der Waals surface area contributed by atoms with Crippen molar-refractivity contribution in [3.63, 3.8) is 0 Å². The lowest BCUT2D eigenvalue weighted by Crippen LogP contribution is -2.66. The standard InChI is InChI=1S/C20H21ClN2O3/c21-17-5-3-4-15(10-17)19(24)23-13-20(14-23)16(7-9-26-20)11-25-12-18-6-1-2-8-22-18/h1-6,8,10,16H,7,9,11-14H2/t16-/m1/s1. The monoisotopic (exact) mass is 372 g/mol. The zero-order valence-corrected chi connectivity index (χ0v) is 15.2. The number of hydrogen-bond acceptors (Lipinski definition) is 4. The van der Waals surface area contributed by atoms with Crippen LogP contribution in [0.15, 0.2) is 48.7 Å². The van der Waals surface area contributed by atoms with Crippen LogP contribution < -0.4 is 0 Å². The molecule has 1 spiro atoms. The number of carbonyl (C=O) groups excluding carboxylic acids is 1. The van der Waals surface area contributed by atoms with Crippen LogP contribution in [0.3, 0.4) is 0 Å². The van der Waals surface area contributed by atoms with E-state index in [1.165, 1.54) is 0 Å². The van der Waals surface area contributed by atoms with Gasteiger partial charge in [-0.25, -0.2) is 0 Å². The Morgan fingerprint density at radius 1 is 1.31 bits per heavy atom. The summed E-state index contributed by atoms with van der Waals surface area (Å²) in [6, 6.07) is 12.9. The number of hydrogen-bond donors (Lipinski definition) is 0. The van der Waals surface area contributed by atoms with Gasteiger partial charge in [-0.1, -0.05) is 23.7 Å². The van der Waals surface area contributed by atoms with Crippen LogP contribution in [0.5, 0.6) is 0 Å². The van der Waals surface area contributed by atoms with E-state index in [1.807, 2.05) is 23.1 Å². The highest BCUT2D eigenvalue weighted by Gasteiger charge is 2.54. The molecule has 1 aromatic heterocycles. The molecular weight excluding hydrogens is 352 g/mol. The Kier molecular flexibility index (Phi) is 4.94. The number of benzene rings is 1. The molecule has 2 fully saturated rings. The molecule has 0 radical (unpaired) electrons. The summed E-state index contributed by atoms with van der Waals surface area (Å²) in [6.07, 6.45) is 2.73.